The number of aryl methyl sites for hydroxylation is 1. The highest BCUT2D eigenvalue weighted by molar-refractivity contribution is 7.20. The quantitative estimate of drug-likeness (QED) is 0.653. The van der Waals surface area contributed by atoms with Crippen molar-refractivity contribution in [1.29, 1.82) is 0 Å². The first-order valence-corrected chi connectivity index (χ1v) is 10.3. The molecule has 1 aliphatic rings. The minimum absolute atomic E-state index is 0.143. The van der Waals surface area contributed by atoms with Gasteiger partial charge in [0, 0.05) is 12.4 Å². The fraction of sp³-hybridized carbons (Fsp3) is 0.300. The molecule has 3 nitrogen and oxygen atoms in total. The maximum atomic E-state index is 12.8. The molecule has 1 unspecified atom stereocenters. The van der Waals surface area contributed by atoms with Gasteiger partial charge in [0.2, 0.25) is 5.91 Å². The zero-order valence-corrected chi connectivity index (χ0v) is 15.8. The maximum Gasteiger partial charge on any atom is 0.228 e. The standard InChI is InChI=1S/C20H20N2OS2/c1-22(17-9-4-7-14-6-2-3-8-16(14)17)19(23)12-15-13-25-20(21-15)18-10-5-11-24-18/h2-3,5-6,8,10-11,13,17H,4,7,9,12H2,1H3. The number of carbonyl (C=O) groups is 1. The van der Waals surface area contributed by atoms with Gasteiger partial charge in [0.25, 0.3) is 0 Å². The van der Waals surface area contributed by atoms with Crippen LogP contribution < -0.4 is 0 Å². The highest BCUT2D eigenvalue weighted by Crippen LogP contribution is 2.34. The summed E-state index contributed by atoms with van der Waals surface area (Å²) >= 11 is 3.30. The predicted molar refractivity (Wildman–Crippen MR) is 104 cm³/mol. The molecule has 1 aromatic carbocycles. The van der Waals surface area contributed by atoms with Gasteiger partial charge >= 0.3 is 0 Å². The van der Waals surface area contributed by atoms with Gasteiger partial charge in [-0.15, -0.1) is 22.7 Å². The van der Waals surface area contributed by atoms with Crippen LogP contribution in [0.5, 0.6) is 0 Å². The van der Waals surface area contributed by atoms with Gasteiger partial charge in [-0.05, 0) is 41.8 Å². The lowest BCUT2D eigenvalue weighted by molar-refractivity contribution is -0.131. The summed E-state index contributed by atoms with van der Waals surface area (Å²) in [5.74, 6) is 0.143. The summed E-state index contributed by atoms with van der Waals surface area (Å²) in [6.07, 6.45) is 3.66. The molecule has 1 amide bonds. The Morgan fingerprint density at radius 3 is 2.96 bits per heavy atom. The third-order valence-corrected chi connectivity index (χ3v) is 6.74. The van der Waals surface area contributed by atoms with Crippen molar-refractivity contribution in [2.75, 3.05) is 7.05 Å². The number of amides is 1. The van der Waals surface area contributed by atoms with E-state index in [0.717, 1.165) is 30.0 Å². The normalized spacial score (nSPS) is 16.4. The van der Waals surface area contributed by atoms with Crippen LogP contribution in [-0.2, 0) is 17.6 Å². The van der Waals surface area contributed by atoms with E-state index in [9.17, 15) is 4.79 Å². The van der Waals surface area contributed by atoms with Gasteiger partial charge in [0.1, 0.15) is 5.01 Å². The number of carbonyl (C=O) groups excluding carboxylic acids is 1. The molecule has 2 aromatic heterocycles. The molecule has 25 heavy (non-hydrogen) atoms. The number of nitrogens with zero attached hydrogens (tertiary/aromatic N) is 2. The van der Waals surface area contributed by atoms with Gasteiger partial charge < -0.3 is 4.90 Å². The second-order valence-electron chi connectivity index (χ2n) is 6.41. The van der Waals surface area contributed by atoms with Crippen molar-refractivity contribution in [2.24, 2.45) is 0 Å². The maximum absolute atomic E-state index is 12.8. The number of benzene rings is 1. The molecule has 3 aromatic rings. The number of thiophene rings is 1. The Morgan fingerprint density at radius 2 is 2.12 bits per heavy atom. The molecule has 0 saturated carbocycles. The number of hydrogen-bond donors (Lipinski definition) is 0. The Labute approximate surface area is 156 Å². The van der Waals surface area contributed by atoms with E-state index < -0.39 is 0 Å². The van der Waals surface area contributed by atoms with Crippen LogP contribution in [0.15, 0.2) is 47.2 Å². The Hall–Kier alpha value is -1.98. The van der Waals surface area contributed by atoms with E-state index in [0.29, 0.717) is 6.42 Å². The molecule has 4 rings (SSSR count). The monoisotopic (exact) mass is 368 g/mol. The largest absolute Gasteiger partial charge is 0.338 e. The van der Waals surface area contributed by atoms with Gasteiger partial charge in [0.05, 0.1) is 23.0 Å². The van der Waals surface area contributed by atoms with Crippen LogP contribution in [0.25, 0.3) is 9.88 Å². The second-order valence-corrected chi connectivity index (χ2v) is 8.22. The van der Waals surface area contributed by atoms with Crippen LogP contribution in [-0.4, -0.2) is 22.8 Å². The van der Waals surface area contributed by atoms with Crippen molar-refractivity contribution in [2.45, 2.75) is 31.7 Å². The van der Waals surface area contributed by atoms with E-state index in [1.54, 1.807) is 22.7 Å². The lowest BCUT2D eigenvalue weighted by atomic mass is 9.87. The lowest BCUT2D eigenvalue weighted by Gasteiger charge is -2.33. The van der Waals surface area contributed by atoms with E-state index in [1.165, 1.54) is 16.0 Å². The van der Waals surface area contributed by atoms with Crippen LogP contribution in [0.2, 0.25) is 0 Å². The van der Waals surface area contributed by atoms with Crippen molar-refractivity contribution >= 4 is 28.6 Å². The number of rotatable bonds is 4. The van der Waals surface area contributed by atoms with E-state index in [2.05, 4.69) is 40.7 Å². The molecule has 0 N–H and O–H groups in total. The molecule has 0 bridgehead atoms. The molecular weight excluding hydrogens is 348 g/mol. The summed E-state index contributed by atoms with van der Waals surface area (Å²) < 4.78 is 0. The number of fused-ring (bicyclic) bond motifs is 1. The summed E-state index contributed by atoms with van der Waals surface area (Å²) in [7, 11) is 1.93. The van der Waals surface area contributed by atoms with E-state index >= 15 is 0 Å². The predicted octanol–water partition coefficient (Wildman–Crippen LogP) is 4.95. The third kappa shape index (κ3) is 3.39. The number of aromatic nitrogens is 1. The average Bonchev–Trinajstić information content (AvgIpc) is 3.32. The van der Waals surface area contributed by atoms with E-state index in [1.807, 2.05) is 23.4 Å². The van der Waals surface area contributed by atoms with Gasteiger partial charge in [-0.25, -0.2) is 4.98 Å². The van der Waals surface area contributed by atoms with Crippen LogP contribution in [0.1, 0.15) is 35.7 Å². The molecule has 128 valence electrons. The second kappa shape index (κ2) is 7.10. The van der Waals surface area contributed by atoms with Crippen molar-refractivity contribution in [3.63, 3.8) is 0 Å². The number of hydrogen-bond acceptors (Lipinski definition) is 4. The van der Waals surface area contributed by atoms with Crippen molar-refractivity contribution < 1.29 is 4.79 Å². The lowest BCUT2D eigenvalue weighted by Crippen LogP contribution is -2.34. The fourth-order valence-electron chi connectivity index (χ4n) is 3.49. The van der Waals surface area contributed by atoms with Crippen LogP contribution in [0, 0.1) is 0 Å². The van der Waals surface area contributed by atoms with Gasteiger partial charge in [-0.2, -0.15) is 0 Å². The van der Waals surface area contributed by atoms with E-state index in [-0.39, 0.29) is 11.9 Å². The fourth-order valence-corrected chi connectivity index (χ4v) is 5.12. The highest BCUT2D eigenvalue weighted by atomic mass is 32.1. The molecule has 0 aliphatic heterocycles. The first-order valence-electron chi connectivity index (χ1n) is 8.54. The minimum Gasteiger partial charge on any atom is -0.338 e. The Morgan fingerprint density at radius 1 is 1.24 bits per heavy atom. The summed E-state index contributed by atoms with van der Waals surface area (Å²) in [6.45, 7) is 0. The Bertz CT molecular complexity index is 869. The molecule has 1 atom stereocenters. The third-order valence-electron chi connectivity index (χ3n) is 4.81. The zero-order chi connectivity index (χ0) is 17.2. The average molecular weight is 369 g/mol. The van der Waals surface area contributed by atoms with Crippen molar-refractivity contribution in [1.82, 2.24) is 9.88 Å². The van der Waals surface area contributed by atoms with Crippen LogP contribution >= 0.6 is 22.7 Å². The zero-order valence-electron chi connectivity index (χ0n) is 14.1. The van der Waals surface area contributed by atoms with Crippen LogP contribution in [0.4, 0.5) is 0 Å². The van der Waals surface area contributed by atoms with E-state index in [4.69, 9.17) is 0 Å². The molecule has 1 aliphatic carbocycles. The number of thiazole rings is 1. The first-order chi connectivity index (χ1) is 12.2. The SMILES string of the molecule is CN(C(=O)Cc1csc(-c2cccs2)n1)C1CCCc2ccccc21. The molecule has 2 heterocycles. The van der Waals surface area contributed by atoms with Gasteiger partial charge in [-0.3, -0.25) is 4.79 Å². The number of likely N-dealkylation sites (N-methyl/N-ethyl adjacent to an activating group) is 1. The van der Waals surface area contributed by atoms with Crippen molar-refractivity contribution in [3.8, 4) is 9.88 Å². The summed E-state index contributed by atoms with van der Waals surface area (Å²) in [6, 6.07) is 12.8. The molecule has 0 saturated heterocycles. The topological polar surface area (TPSA) is 33.2 Å². The Kier molecular flexibility index (Phi) is 4.68. The molecule has 0 spiro atoms. The highest BCUT2D eigenvalue weighted by Gasteiger charge is 2.26. The molecule has 5 heteroatoms. The molecular formula is C20H20N2OS2. The molecule has 0 fully saturated rings. The van der Waals surface area contributed by atoms with Gasteiger partial charge in [-0.1, -0.05) is 30.3 Å². The first kappa shape index (κ1) is 16.5. The summed E-state index contributed by atoms with van der Waals surface area (Å²) in [4.78, 5) is 20.5. The molecule has 0 radical (unpaired) electrons. The minimum atomic E-state index is 0.143. The Balaban J connectivity index is 1.48. The summed E-state index contributed by atoms with van der Waals surface area (Å²) in [5, 5.41) is 5.06. The smallest absolute Gasteiger partial charge is 0.228 e. The van der Waals surface area contributed by atoms with Crippen molar-refractivity contribution in [3.05, 3.63) is 64.0 Å². The van der Waals surface area contributed by atoms with Gasteiger partial charge in [0.15, 0.2) is 0 Å². The summed E-state index contributed by atoms with van der Waals surface area (Å²) in [5.41, 5.74) is 3.56. The van der Waals surface area contributed by atoms with Crippen LogP contribution in [0.3, 0.4) is 0 Å².